The Bertz CT molecular complexity index is 480. The monoisotopic (exact) mass is 327 g/mol. The number of carboxylic acids is 1. The lowest BCUT2D eigenvalue weighted by molar-refractivity contribution is -0.146. The highest BCUT2D eigenvalue weighted by molar-refractivity contribution is 8.00. The van der Waals surface area contributed by atoms with Crippen LogP contribution in [0.1, 0.15) is 39.0 Å². The molecule has 1 fully saturated rings. The number of thioether (sulfide) groups is 1. The van der Waals surface area contributed by atoms with Gasteiger partial charge in [0.1, 0.15) is 5.54 Å². The molecule has 0 heterocycles. The van der Waals surface area contributed by atoms with Gasteiger partial charge >= 0.3 is 5.97 Å². The molecule has 2 unspecified atom stereocenters. The summed E-state index contributed by atoms with van der Waals surface area (Å²) in [6.45, 7) is 2.82. The summed E-state index contributed by atoms with van der Waals surface area (Å²) in [5.41, 5.74) is -0.752. The Morgan fingerprint density at radius 3 is 2.81 bits per heavy atom. The summed E-state index contributed by atoms with van der Waals surface area (Å²) in [7, 11) is 0. The smallest absolute Gasteiger partial charge is 0.323 e. The minimum Gasteiger partial charge on any atom is -0.480 e. The molecule has 1 aliphatic rings. The van der Waals surface area contributed by atoms with Gasteiger partial charge in [-0.25, -0.2) is 0 Å². The van der Waals surface area contributed by atoms with Crippen LogP contribution in [0.15, 0.2) is 29.2 Å². The fraction of sp³-hybridized carbons (Fsp3) is 0.562. The topological polar surface area (TPSA) is 49.3 Å². The third-order valence-corrected chi connectivity index (χ3v) is 5.48. The number of hydrogen-bond donors (Lipinski definition) is 2. The second-order valence-electron chi connectivity index (χ2n) is 5.60. The first-order valence-electron chi connectivity index (χ1n) is 7.46. The molecule has 1 aliphatic carbocycles. The van der Waals surface area contributed by atoms with Gasteiger partial charge < -0.3 is 10.4 Å². The first kappa shape index (κ1) is 16.7. The second kappa shape index (κ2) is 7.52. The Balaban J connectivity index is 2.04. The van der Waals surface area contributed by atoms with E-state index in [2.05, 4.69) is 12.2 Å². The van der Waals surface area contributed by atoms with Gasteiger partial charge in [0.2, 0.25) is 0 Å². The summed E-state index contributed by atoms with van der Waals surface area (Å²) in [4.78, 5) is 12.9. The van der Waals surface area contributed by atoms with E-state index in [-0.39, 0.29) is 0 Å². The van der Waals surface area contributed by atoms with Crippen LogP contribution in [0.25, 0.3) is 0 Å². The number of benzene rings is 1. The number of nitrogens with one attached hydrogen (secondary N) is 1. The summed E-state index contributed by atoms with van der Waals surface area (Å²) >= 11 is 7.67. The number of aliphatic carboxylic acids is 1. The lowest BCUT2D eigenvalue weighted by Crippen LogP contribution is -2.55. The van der Waals surface area contributed by atoms with Gasteiger partial charge in [0.15, 0.2) is 0 Å². The molecule has 0 radical (unpaired) electrons. The van der Waals surface area contributed by atoms with Crippen molar-refractivity contribution in [1.29, 1.82) is 0 Å². The summed E-state index contributed by atoms with van der Waals surface area (Å²) in [5.74, 6) is -0.711. The number of rotatable bonds is 6. The maximum atomic E-state index is 11.7. The fourth-order valence-electron chi connectivity index (χ4n) is 2.83. The molecular formula is C16H22ClNO2S. The van der Waals surface area contributed by atoms with Crippen LogP contribution in [0, 0.1) is 0 Å². The summed E-state index contributed by atoms with van der Waals surface area (Å²) in [6, 6.07) is 7.77. The minimum absolute atomic E-state index is 0.334. The third-order valence-electron chi connectivity index (χ3n) is 3.94. The molecule has 0 spiro atoms. The summed E-state index contributed by atoms with van der Waals surface area (Å²) < 4.78 is 0. The van der Waals surface area contributed by atoms with Crippen LogP contribution in [0.3, 0.4) is 0 Å². The van der Waals surface area contributed by atoms with Crippen molar-refractivity contribution >= 4 is 29.3 Å². The van der Waals surface area contributed by atoms with Crippen molar-refractivity contribution in [3.8, 4) is 0 Å². The number of hydrogen-bond acceptors (Lipinski definition) is 3. The molecular weight excluding hydrogens is 306 g/mol. The van der Waals surface area contributed by atoms with Crippen LogP contribution in [0.4, 0.5) is 0 Å². The number of carbonyl (C=O) groups is 1. The van der Waals surface area contributed by atoms with E-state index < -0.39 is 11.5 Å². The molecule has 21 heavy (non-hydrogen) atoms. The molecule has 116 valence electrons. The van der Waals surface area contributed by atoms with Crippen molar-refractivity contribution in [2.75, 3.05) is 6.54 Å². The largest absolute Gasteiger partial charge is 0.480 e. The van der Waals surface area contributed by atoms with E-state index in [0.717, 1.165) is 42.1 Å². The molecule has 2 atom stereocenters. The molecule has 0 aromatic heterocycles. The highest BCUT2D eigenvalue weighted by Crippen LogP contribution is 2.38. The second-order valence-corrected chi connectivity index (χ2v) is 7.41. The highest BCUT2D eigenvalue weighted by Gasteiger charge is 2.42. The van der Waals surface area contributed by atoms with E-state index in [9.17, 15) is 9.90 Å². The summed E-state index contributed by atoms with van der Waals surface area (Å²) in [5, 5.41) is 14.0. The first-order chi connectivity index (χ1) is 10.1. The normalized spacial score (nSPS) is 25.7. The van der Waals surface area contributed by atoms with Crippen molar-refractivity contribution in [2.24, 2.45) is 0 Å². The van der Waals surface area contributed by atoms with E-state index in [4.69, 9.17) is 11.6 Å². The first-order valence-corrected chi connectivity index (χ1v) is 8.72. The van der Waals surface area contributed by atoms with E-state index in [1.807, 2.05) is 24.3 Å². The molecule has 3 nitrogen and oxygen atoms in total. The van der Waals surface area contributed by atoms with Crippen LogP contribution >= 0.6 is 23.4 Å². The Labute approximate surface area is 135 Å². The maximum Gasteiger partial charge on any atom is 0.323 e. The Hall–Kier alpha value is -0.710. The Morgan fingerprint density at radius 1 is 1.48 bits per heavy atom. The zero-order valence-electron chi connectivity index (χ0n) is 12.3. The predicted octanol–water partition coefficient (Wildman–Crippen LogP) is 4.20. The van der Waals surface area contributed by atoms with Gasteiger partial charge in [-0.3, -0.25) is 4.79 Å². The van der Waals surface area contributed by atoms with Crippen molar-refractivity contribution < 1.29 is 9.90 Å². The van der Waals surface area contributed by atoms with Gasteiger partial charge in [-0.05, 0) is 62.9 Å². The van der Waals surface area contributed by atoms with Gasteiger partial charge in [-0.15, -0.1) is 11.8 Å². The maximum absolute atomic E-state index is 11.7. The summed E-state index contributed by atoms with van der Waals surface area (Å²) in [6.07, 6.45) is 4.37. The molecule has 2 rings (SSSR count). The molecule has 0 aliphatic heterocycles. The average molecular weight is 328 g/mol. The van der Waals surface area contributed by atoms with Crippen LogP contribution < -0.4 is 5.32 Å². The number of carboxylic acid groups (broad SMARTS) is 1. The van der Waals surface area contributed by atoms with Gasteiger partial charge in [0.25, 0.3) is 0 Å². The van der Waals surface area contributed by atoms with E-state index in [1.165, 1.54) is 0 Å². The third kappa shape index (κ3) is 4.38. The minimum atomic E-state index is -0.752. The molecule has 2 N–H and O–H groups in total. The SMILES string of the molecule is CCCNC1(C(=O)O)CCCC(Sc2ccc(Cl)cc2)C1. The Morgan fingerprint density at radius 2 is 2.19 bits per heavy atom. The molecule has 0 amide bonds. The molecule has 0 saturated heterocycles. The standard InChI is InChI=1S/C16H22ClNO2S/c1-2-10-18-16(15(19)20)9-3-4-14(11-16)21-13-7-5-12(17)6-8-13/h5-8,14,18H,2-4,9-11H2,1H3,(H,19,20). The molecule has 0 bridgehead atoms. The molecule has 5 heteroatoms. The van der Waals surface area contributed by atoms with Crippen molar-refractivity contribution in [1.82, 2.24) is 5.32 Å². The predicted molar refractivity (Wildman–Crippen MR) is 88.2 cm³/mol. The van der Waals surface area contributed by atoms with Crippen LogP contribution in [-0.4, -0.2) is 28.4 Å². The van der Waals surface area contributed by atoms with Gasteiger partial charge in [-0.1, -0.05) is 18.5 Å². The van der Waals surface area contributed by atoms with Gasteiger partial charge in [0, 0.05) is 15.2 Å². The molecule has 1 saturated carbocycles. The Kier molecular flexibility index (Phi) is 5.97. The molecule has 1 aromatic carbocycles. The van der Waals surface area contributed by atoms with Crippen molar-refractivity contribution in [3.63, 3.8) is 0 Å². The van der Waals surface area contributed by atoms with Gasteiger partial charge in [-0.2, -0.15) is 0 Å². The van der Waals surface area contributed by atoms with Crippen LogP contribution in [0.5, 0.6) is 0 Å². The lowest BCUT2D eigenvalue weighted by Gasteiger charge is -2.38. The zero-order chi connectivity index (χ0) is 15.3. The van der Waals surface area contributed by atoms with E-state index in [1.54, 1.807) is 11.8 Å². The van der Waals surface area contributed by atoms with Crippen LogP contribution in [-0.2, 0) is 4.79 Å². The van der Waals surface area contributed by atoms with Crippen LogP contribution in [0.2, 0.25) is 5.02 Å². The van der Waals surface area contributed by atoms with Gasteiger partial charge in [0.05, 0.1) is 0 Å². The number of halogens is 1. The van der Waals surface area contributed by atoms with E-state index in [0.29, 0.717) is 11.7 Å². The van der Waals surface area contributed by atoms with Crippen molar-refractivity contribution in [3.05, 3.63) is 29.3 Å². The zero-order valence-corrected chi connectivity index (χ0v) is 13.8. The fourth-order valence-corrected chi connectivity index (χ4v) is 4.28. The average Bonchev–Trinajstić information content (AvgIpc) is 2.48. The van der Waals surface area contributed by atoms with Crippen molar-refractivity contribution in [2.45, 2.75) is 54.7 Å². The quantitative estimate of drug-likeness (QED) is 0.822. The molecule has 1 aromatic rings. The lowest BCUT2D eigenvalue weighted by atomic mass is 9.81. The highest BCUT2D eigenvalue weighted by atomic mass is 35.5. The van der Waals surface area contributed by atoms with E-state index >= 15 is 0 Å².